The summed E-state index contributed by atoms with van der Waals surface area (Å²) in [5.41, 5.74) is 1.55. The number of fused-ring (bicyclic) bond motifs is 3. The maximum atomic E-state index is 10.3. The van der Waals surface area contributed by atoms with Crippen LogP contribution in [-0.2, 0) is 0 Å². The summed E-state index contributed by atoms with van der Waals surface area (Å²) in [5.74, 6) is 2.48. The summed E-state index contributed by atoms with van der Waals surface area (Å²) in [5, 5.41) is 19.6. The van der Waals surface area contributed by atoms with Gasteiger partial charge in [0.1, 0.15) is 5.76 Å². The largest absolute Gasteiger partial charge is 0.509 e. The molecule has 2 nitrogen and oxygen atoms in total. The molecule has 0 saturated heterocycles. The molecule has 3 fully saturated rings. The van der Waals surface area contributed by atoms with Crippen LogP contribution in [0.15, 0.2) is 37.1 Å². The molecule has 0 spiro atoms. The zero-order chi connectivity index (χ0) is 15.6. The summed E-state index contributed by atoms with van der Waals surface area (Å²) in [4.78, 5) is 0. The van der Waals surface area contributed by atoms with E-state index in [1.165, 1.54) is 31.3 Å². The summed E-state index contributed by atoms with van der Waals surface area (Å²) >= 11 is 0. The Morgan fingerprint density at radius 1 is 1.24 bits per heavy atom. The lowest BCUT2D eigenvalue weighted by molar-refractivity contribution is -0.0395. The molecule has 21 heavy (non-hydrogen) atoms. The maximum Gasteiger partial charge on any atom is 0.108 e. The van der Waals surface area contributed by atoms with Crippen LogP contribution < -0.4 is 0 Å². The van der Waals surface area contributed by atoms with E-state index in [2.05, 4.69) is 26.7 Å². The number of aliphatic hydroxyl groups is 2. The van der Waals surface area contributed by atoms with E-state index in [0.717, 1.165) is 37.0 Å². The second kappa shape index (κ2) is 6.39. The molecule has 3 rings (SSSR count). The van der Waals surface area contributed by atoms with Crippen LogP contribution in [0.25, 0.3) is 0 Å². The zero-order valence-corrected chi connectivity index (χ0v) is 13.4. The van der Waals surface area contributed by atoms with Crippen molar-refractivity contribution in [3.63, 3.8) is 0 Å². The van der Waals surface area contributed by atoms with Gasteiger partial charge in [-0.3, -0.25) is 0 Å². The smallest absolute Gasteiger partial charge is 0.108 e. The third-order valence-corrected chi connectivity index (χ3v) is 6.23. The van der Waals surface area contributed by atoms with E-state index in [9.17, 15) is 10.2 Å². The van der Waals surface area contributed by atoms with Gasteiger partial charge in [-0.1, -0.05) is 19.1 Å². The molecule has 0 aromatic carbocycles. The topological polar surface area (TPSA) is 40.5 Å². The van der Waals surface area contributed by atoms with Crippen molar-refractivity contribution in [1.29, 1.82) is 0 Å². The Hall–Kier alpha value is -1.02. The van der Waals surface area contributed by atoms with Gasteiger partial charge in [-0.15, -0.1) is 13.2 Å². The lowest BCUT2D eigenvalue weighted by Gasteiger charge is -2.50. The Balaban J connectivity index is 0.000000774. The molecule has 0 heterocycles. The van der Waals surface area contributed by atoms with Gasteiger partial charge in [0.15, 0.2) is 0 Å². The number of aliphatic hydroxyl groups excluding tert-OH is 2. The van der Waals surface area contributed by atoms with Crippen molar-refractivity contribution in [2.75, 3.05) is 0 Å². The lowest BCUT2D eigenvalue weighted by atomic mass is 9.56. The molecule has 0 aromatic rings. The first-order chi connectivity index (χ1) is 10.0. The van der Waals surface area contributed by atoms with Crippen LogP contribution in [0.4, 0.5) is 0 Å². The van der Waals surface area contributed by atoms with Crippen LogP contribution in [0.3, 0.4) is 0 Å². The van der Waals surface area contributed by atoms with Gasteiger partial charge in [-0.2, -0.15) is 0 Å². The highest BCUT2D eigenvalue weighted by atomic mass is 16.3. The Bertz CT molecular complexity index is 425. The molecule has 3 saturated carbocycles. The highest BCUT2D eigenvalue weighted by molar-refractivity contribution is 5.19. The van der Waals surface area contributed by atoms with Gasteiger partial charge in [0.2, 0.25) is 0 Å². The van der Waals surface area contributed by atoms with E-state index in [4.69, 9.17) is 0 Å². The third kappa shape index (κ3) is 2.96. The molecule has 118 valence electrons. The number of hydrogen-bond acceptors (Lipinski definition) is 2. The molecule has 3 aliphatic carbocycles. The minimum absolute atomic E-state index is 0.0763. The average Bonchev–Trinajstić information content (AvgIpc) is 2.77. The van der Waals surface area contributed by atoms with Crippen molar-refractivity contribution in [3.05, 3.63) is 37.1 Å². The summed E-state index contributed by atoms with van der Waals surface area (Å²) in [6, 6.07) is 0. The monoisotopic (exact) mass is 290 g/mol. The lowest BCUT2D eigenvalue weighted by Crippen LogP contribution is -2.44. The van der Waals surface area contributed by atoms with Crippen LogP contribution >= 0.6 is 0 Å². The average molecular weight is 290 g/mol. The molecule has 2 heteroatoms. The Labute approximate surface area is 129 Å². The molecule has 2 N–H and O–H groups in total. The molecular formula is C19H30O2. The zero-order valence-electron chi connectivity index (χ0n) is 13.4. The quantitative estimate of drug-likeness (QED) is 0.539. The number of hydrogen-bond donors (Lipinski definition) is 2. The summed E-state index contributed by atoms with van der Waals surface area (Å²) in [6.45, 7) is 11.9. The van der Waals surface area contributed by atoms with Crippen LogP contribution in [0.1, 0.15) is 51.9 Å². The van der Waals surface area contributed by atoms with E-state index < -0.39 is 0 Å². The van der Waals surface area contributed by atoms with Gasteiger partial charge in [0, 0.05) is 0 Å². The van der Waals surface area contributed by atoms with Gasteiger partial charge in [-0.05, 0) is 74.2 Å². The SMILES string of the molecule is C=C.C=C(O)/C=C1/CCC2C(CCC3(C)C(O)CCC23)C1. The van der Waals surface area contributed by atoms with Gasteiger partial charge in [0.25, 0.3) is 0 Å². The van der Waals surface area contributed by atoms with Crippen molar-refractivity contribution in [2.45, 2.75) is 58.0 Å². The Kier molecular flexibility index (Phi) is 4.98. The molecule has 0 radical (unpaired) electrons. The second-order valence-corrected chi connectivity index (χ2v) is 7.20. The van der Waals surface area contributed by atoms with Crippen molar-refractivity contribution in [1.82, 2.24) is 0 Å². The fourth-order valence-corrected chi connectivity index (χ4v) is 5.19. The number of rotatable bonds is 1. The third-order valence-electron chi connectivity index (χ3n) is 6.23. The minimum atomic E-state index is -0.0763. The van der Waals surface area contributed by atoms with E-state index in [1.807, 2.05) is 6.08 Å². The Morgan fingerprint density at radius 2 is 1.95 bits per heavy atom. The van der Waals surface area contributed by atoms with Gasteiger partial charge in [0.05, 0.1) is 6.10 Å². The fraction of sp³-hybridized carbons (Fsp3) is 0.684. The maximum absolute atomic E-state index is 10.3. The molecule has 5 atom stereocenters. The van der Waals surface area contributed by atoms with Gasteiger partial charge >= 0.3 is 0 Å². The molecule has 0 amide bonds. The van der Waals surface area contributed by atoms with E-state index >= 15 is 0 Å². The van der Waals surface area contributed by atoms with Crippen molar-refractivity contribution in [2.24, 2.45) is 23.2 Å². The van der Waals surface area contributed by atoms with E-state index in [-0.39, 0.29) is 17.3 Å². The van der Waals surface area contributed by atoms with Crippen LogP contribution in [0, 0.1) is 23.2 Å². The predicted molar refractivity (Wildman–Crippen MR) is 88.0 cm³/mol. The van der Waals surface area contributed by atoms with E-state index in [1.54, 1.807) is 0 Å². The second-order valence-electron chi connectivity index (χ2n) is 7.20. The standard InChI is InChI=1S/C17H26O2.C2H4/c1-11(18)9-12-3-4-14-13(10-12)7-8-17(2)15(14)5-6-16(17)19;1-2/h9,13-16,18-19H,1,3-8,10H2,2H3;1-2H2/b12-9-;. The molecule has 0 aromatic heterocycles. The van der Waals surface area contributed by atoms with E-state index in [0.29, 0.717) is 0 Å². The van der Waals surface area contributed by atoms with Gasteiger partial charge in [-0.25, -0.2) is 0 Å². The minimum Gasteiger partial charge on any atom is -0.509 e. The summed E-state index contributed by atoms with van der Waals surface area (Å²) in [6.07, 6.45) is 9.89. The molecule has 0 bridgehead atoms. The van der Waals surface area contributed by atoms with Crippen molar-refractivity contribution >= 4 is 0 Å². The molecule has 0 aliphatic heterocycles. The molecule has 5 unspecified atom stereocenters. The van der Waals surface area contributed by atoms with Crippen molar-refractivity contribution < 1.29 is 10.2 Å². The van der Waals surface area contributed by atoms with Gasteiger partial charge < -0.3 is 10.2 Å². The highest BCUT2D eigenvalue weighted by Gasteiger charge is 2.53. The van der Waals surface area contributed by atoms with Crippen LogP contribution in [0.2, 0.25) is 0 Å². The molecule has 3 aliphatic rings. The van der Waals surface area contributed by atoms with Crippen LogP contribution in [-0.4, -0.2) is 16.3 Å². The normalized spacial score (nSPS) is 43.4. The first kappa shape index (κ1) is 16.4. The molecular weight excluding hydrogens is 260 g/mol. The predicted octanol–water partition coefficient (Wildman–Crippen LogP) is 4.77. The summed E-state index contributed by atoms with van der Waals surface area (Å²) < 4.78 is 0. The van der Waals surface area contributed by atoms with Crippen LogP contribution in [0.5, 0.6) is 0 Å². The van der Waals surface area contributed by atoms with Crippen molar-refractivity contribution in [3.8, 4) is 0 Å². The highest BCUT2D eigenvalue weighted by Crippen LogP contribution is 2.59. The Morgan fingerprint density at radius 3 is 2.62 bits per heavy atom. The fourth-order valence-electron chi connectivity index (χ4n) is 5.19. The number of allylic oxidation sites excluding steroid dienone is 2. The first-order valence-corrected chi connectivity index (χ1v) is 8.26. The summed E-state index contributed by atoms with van der Waals surface area (Å²) in [7, 11) is 0. The first-order valence-electron chi connectivity index (χ1n) is 8.26.